The number of alkyl halides is 1. The quantitative estimate of drug-likeness (QED) is 0.204. The summed E-state index contributed by atoms with van der Waals surface area (Å²) in [6, 6.07) is 0. The molecule has 0 saturated heterocycles. The summed E-state index contributed by atoms with van der Waals surface area (Å²) < 4.78 is 30.7. The maximum Gasteiger partial charge on any atom is 0.509 e. The molecule has 0 saturated carbocycles. The van der Waals surface area contributed by atoms with Gasteiger partial charge in [0.25, 0.3) is 0 Å². The van der Waals surface area contributed by atoms with Crippen LogP contribution >= 0.6 is 11.6 Å². The van der Waals surface area contributed by atoms with E-state index < -0.39 is 11.7 Å². The van der Waals surface area contributed by atoms with Gasteiger partial charge in [-0.1, -0.05) is 37.8 Å². The van der Waals surface area contributed by atoms with E-state index in [0.29, 0.717) is 39.6 Å². The van der Waals surface area contributed by atoms with Crippen molar-refractivity contribution in [1.29, 1.82) is 0 Å². The third-order valence-electron chi connectivity index (χ3n) is 2.96. The van der Waals surface area contributed by atoms with Gasteiger partial charge in [0, 0.05) is 6.61 Å². The molecular formula is C17H33ClO7. The van der Waals surface area contributed by atoms with Crippen molar-refractivity contribution in [2.24, 2.45) is 0 Å². The molecule has 25 heavy (non-hydrogen) atoms. The normalized spacial score (nSPS) is 12.1. The lowest BCUT2D eigenvalue weighted by Crippen LogP contribution is -2.16. The van der Waals surface area contributed by atoms with Crippen molar-refractivity contribution in [2.45, 2.75) is 45.1 Å². The molecule has 1 unspecified atom stereocenters. The molecule has 0 aliphatic heterocycles. The van der Waals surface area contributed by atoms with Crippen molar-refractivity contribution in [3.8, 4) is 0 Å². The van der Waals surface area contributed by atoms with Crippen molar-refractivity contribution in [2.75, 3.05) is 59.5 Å². The van der Waals surface area contributed by atoms with E-state index in [1.807, 2.05) is 0 Å². The Hall–Kier alpha value is -0.600. The van der Waals surface area contributed by atoms with E-state index in [1.165, 1.54) is 26.2 Å². The second-order valence-corrected chi connectivity index (χ2v) is 5.88. The predicted octanol–water partition coefficient (Wildman–Crippen LogP) is 3.37. The van der Waals surface area contributed by atoms with Gasteiger partial charge >= 0.3 is 6.16 Å². The van der Waals surface area contributed by atoms with E-state index in [4.69, 9.17) is 35.3 Å². The minimum Gasteiger partial charge on any atom is -0.432 e. The zero-order chi connectivity index (χ0) is 18.6. The van der Waals surface area contributed by atoms with Crippen LogP contribution in [0.3, 0.4) is 0 Å². The Kier molecular flexibility index (Phi) is 19.2. The molecule has 1 atom stereocenters. The molecule has 0 aliphatic rings. The van der Waals surface area contributed by atoms with E-state index in [1.54, 1.807) is 0 Å². The Labute approximate surface area is 156 Å². The van der Waals surface area contributed by atoms with Crippen LogP contribution in [-0.4, -0.2) is 71.2 Å². The monoisotopic (exact) mass is 384 g/mol. The average Bonchev–Trinajstić information content (AvgIpc) is 2.57. The highest BCUT2D eigenvalue weighted by atomic mass is 35.5. The summed E-state index contributed by atoms with van der Waals surface area (Å²) in [4.78, 5) is 11.0. The first kappa shape index (κ1) is 24.4. The Bertz CT molecular complexity index is 290. The average molecular weight is 385 g/mol. The Balaban J connectivity index is 3.06. The van der Waals surface area contributed by atoms with Gasteiger partial charge in [-0.3, -0.25) is 0 Å². The first-order chi connectivity index (χ1) is 12.2. The third-order valence-corrected chi connectivity index (χ3v) is 3.05. The van der Waals surface area contributed by atoms with Gasteiger partial charge in [0.2, 0.25) is 0 Å². The molecule has 0 aromatic heterocycles. The van der Waals surface area contributed by atoms with Crippen molar-refractivity contribution in [3.05, 3.63) is 0 Å². The fourth-order valence-corrected chi connectivity index (χ4v) is 1.82. The SMILES string of the molecule is CCCCCCOCCOCCOCCOCCOC(=O)OC(C)Cl. The standard InChI is InChI=1S/C17H33ClO7/c1-3-4-5-6-7-20-8-9-21-10-11-22-12-13-23-14-15-24-17(19)25-16(2)18/h16H,3-15H2,1-2H3. The minimum atomic E-state index is -0.801. The van der Waals surface area contributed by atoms with Crippen molar-refractivity contribution >= 4 is 17.8 Å². The molecule has 150 valence electrons. The lowest BCUT2D eigenvalue weighted by atomic mass is 10.2. The van der Waals surface area contributed by atoms with Crippen molar-refractivity contribution in [1.82, 2.24) is 0 Å². The second-order valence-electron chi connectivity index (χ2n) is 5.27. The molecule has 0 fully saturated rings. The van der Waals surface area contributed by atoms with Gasteiger partial charge in [0.05, 0.1) is 46.2 Å². The van der Waals surface area contributed by atoms with E-state index >= 15 is 0 Å². The van der Waals surface area contributed by atoms with Crippen LogP contribution in [0.4, 0.5) is 4.79 Å². The molecule has 0 bridgehead atoms. The number of carbonyl (C=O) groups excluding carboxylic acids is 1. The van der Waals surface area contributed by atoms with Crippen LogP contribution in [0.5, 0.6) is 0 Å². The highest BCUT2D eigenvalue weighted by Crippen LogP contribution is 1.99. The van der Waals surface area contributed by atoms with Crippen LogP contribution in [0.2, 0.25) is 0 Å². The molecular weight excluding hydrogens is 352 g/mol. The smallest absolute Gasteiger partial charge is 0.432 e. The first-order valence-corrected chi connectivity index (χ1v) is 9.39. The predicted molar refractivity (Wildman–Crippen MR) is 95.2 cm³/mol. The molecule has 8 heteroatoms. The number of carbonyl (C=O) groups is 1. The van der Waals surface area contributed by atoms with Gasteiger partial charge in [-0.05, 0) is 13.3 Å². The lowest BCUT2D eigenvalue weighted by molar-refractivity contribution is -0.0121. The number of rotatable bonds is 18. The summed E-state index contributed by atoms with van der Waals surface area (Å²) >= 11 is 5.47. The second kappa shape index (κ2) is 19.7. The topological polar surface area (TPSA) is 72.5 Å². The Morgan fingerprint density at radius 2 is 1.24 bits per heavy atom. The van der Waals surface area contributed by atoms with Gasteiger partial charge in [-0.15, -0.1) is 0 Å². The van der Waals surface area contributed by atoms with Gasteiger partial charge in [0.1, 0.15) is 6.61 Å². The first-order valence-electron chi connectivity index (χ1n) is 8.95. The number of halogens is 1. The zero-order valence-corrected chi connectivity index (χ0v) is 16.3. The molecule has 7 nitrogen and oxygen atoms in total. The van der Waals surface area contributed by atoms with Gasteiger partial charge in [-0.25, -0.2) is 4.79 Å². The molecule has 0 rings (SSSR count). The highest BCUT2D eigenvalue weighted by Gasteiger charge is 2.06. The molecule has 0 radical (unpaired) electrons. The third kappa shape index (κ3) is 21.4. The van der Waals surface area contributed by atoms with Crippen LogP contribution in [0.1, 0.15) is 39.5 Å². The maximum absolute atomic E-state index is 11.0. The van der Waals surface area contributed by atoms with Crippen LogP contribution < -0.4 is 0 Å². The van der Waals surface area contributed by atoms with Gasteiger partial charge < -0.3 is 28.4 Å². The maximum atomic E-state index is 11.0. The van der Waals surface area contributed by atoms with Crippen LogP contribution in [0.25, 0.3) is 0 Å². The minimum absolute atomic E-state index is 0.115. The fourth-order valence-electron chi connectivity index (χ4n) is 1.74. The molecule has 0 spiro atoms. The summed E-state index contributed by atoms with van der Waals surface area (Å²) in [5.74, 6) is 0. The molecule has 0 aliphatic carbocycles. The molecule has 0 heterocycles. The number of unbranched alkanes of at least 4 members (excludes halogenated alkanes) is 3. The summed E-state index contributed by atoms with van der Waals surface area (Å²) in [5, 5.41) is 0. The van der Waals surface area contributed by atoms with Crippen molar-refractivity contribution < 1.29 is 33.2 Å². The number of hydrogen-bond acceptors (Lipinski definition) is 7. The molecule has 0 aromatic rings. The van der Waals surface area contributed by atoms with Gasteiger partial charge in [-0.2, -0.15) is 0 Å². The zero-order valence-electron chi connectivity index (χ0n) is 15.5. The van der Waals surface area contributed by atoms with Crippen LogP contribution in [-0.2, 0) is 28.4 Å². The van der Waals surface area contributed by atoms with Crippen LogP contribution in [0.15, 0.2) is 0 Å². The summed E-state index contributed by atoms with van der Waals surface area (Å²) in [7, 11) is 0. The van der Waals surface area contributed by atoms with Gasteiger partial charge in [0.15, 0.2) is 5.56 Å². The van der Waals surface area contributed by atoms with Crippen molar-refractivity contribution in [3.63, 3.8) is 0 Å². The number of ether oxygens (including phenoxy) is 6. The van der Waals surface area contributed by atoms with E-state index in [-0.39, 0.29) is 13.2 Å². The Morgan fingerprint density at radius 1 is 0.760 bits per heavy atom. The summed E-state index contributed by atoms with van der Waals surface area (Å²) in [5.41, 5.74) is -0.707. The summed E-state index contributed by atoms with van der Waals surface area (Å²) in [6.45, 7) is 8.06. The summed E-state index contributed by atoms with van der Waals surface area (Å²) in [6.07, 6.45) is 4.06. The van der Waals surface area contributed by atoms with E-state index in [9.17, 15) is 4.79 Å². The highest BCUT2D eigenvalue weighted by molar-refractivity contribution is 6.19. The largest absolute Gasteiger partial charge is 0.509 e. The molecule has 0 aromatic carbocycles. The van der Waals surface area contributed by atoms with Crippen LogP contribution in [0, 0.1) is 0 Å². The lowest BCUT2D eigenvalue weighted by Gasteiger charge is -2.08. The van der Waals surface area contributed by atoms with E-state index in [0.717, 1.165) is 13.0 Å². The fraction of sp³-hybridized carbons (Fsp3) is 0.941. The Morgan fingerprint density at radius 3 is 1.72 bits per heavy atom. The van der Waals surface area contributed by atoms with E-state index in [2.05, 4.69) is 11.7 Å². The molecule has 0 amide bonds. The number of hydrogen-bond donors (Lipinski definition) is 0. The molecule has 0 N–H and O–H groups in total.